The molecule has 4 heterocycles. The Bertz CT molecular complexity index is 1100. The van der Waals surface area contributed by atoms with Crippen LogP contribution in [0.25, 0.3) is 5.65 Å². The summed E-state index contributed by atoms with van der Waals surface area (Å²) in [5.74, 6) is 0.512. The Balaban J connectivity index is 1.34. The SMILES string of the molecule is O=S(=O)(c1ccccc1F)N1CC2CN(c3ccc4nncn4n3)CC2C1. The molecular formula is C17H17FN6O2S. The van der Waals surface area contributed by atoms with Gasteiger partial charge in [0.2, 0.25) is 10.0 Å². The third-order valence-electron chi connectivity index (χ3n) is 5.38. The molecule has 2 aliphatic heterocycles. The van der Waals surface area contributed by atoms with Crippen LogP contribution in [0.1, 0.15) is 0 Å². The average molecular weight is 388 g/mol. The fraction of sp³-hybridized carbons (Fsp3) is 0.353. The van der Waals surface area contributed by atoms with Gasteiger partial charge in [-0.05, 0) is 36.1 Å². The van der Waals surface area contributed by atoms with Crippen molar-refractivity contribution in [2.45, 2.75) is 4.90 Å². The number of sulfonamides is 1. The highest BCUT2D eigenvalue weighted by Crippen LogP contribution is 2.36. The van der Waals surface area contributed by atoms with Crippen LogP contribution in [0.2, 0.25) is 0 Å². The molecule has 2 fully saturated rings. The maximum atomic E-state index is 14.0. The maximum absolute atomic E-state index is 14.0. The normalized spacial score (nSPS) is 23.2. The molecular weight excluding hydrogens is 371 g/mol. The van der Waals surface area contributed by atoms with Crippen LogP contribution in [-0.4, -0.2) is 58.7 Å². The highest BCUT2D eigenvalue weighted by molar-refractivity contribution is 7.89. The van der Waals surface area contributed by atoms with Crippen LogP contribution in [0.4, 0.5) is 10.2 Å². The van der Waals surface area contributed by atoms with Crippen molar-refractivity contribution in [3.63, 3.8) is 0 Å². The molecule has 8 nitrogen and oxygen atoms in total. The van der Waals surface area contributed by atoms with E-state index in [0.717, 1.165) is 5.82 Å². The number of anilines is 1. The zero-order chi connectivity index (χ0) is 18.6. The largest absolute Gasteiger partial charge is 0.355 e. The first-order chi connectivity index (χ1) is 13.0. The molecule has 3 aromatic rings. The second kappa shape index (κ2) is 5.96. The van der Waals surface area contributed by atoms with Gasteiger partial charge in [0.05, 0.1) is 0 Å². The van der Waals surface area contributed by atoms with Crippen LogP contribution in [0, 0.1) is 17.7 Å². The molecule has 1 aromatic carbocycles. The molecule has 0 spiro atoms. The average Bonchev–Trinajstić information content (AvgIpc) is 3.35. The molecule has 0 saturated carbocycles. The Labute approximate surface area is 155 Å². The Hall–Kier alpha value is -2.59. The predicted octanol–water partition coefficient (Wildman–Crippen LogP) is 1.02. The number of aromatic nitrogens is 4. The first-order valence-corrected chi connectivity index (χ1v) is 10.1. The summed E-state index contributed by atoms with van der Waals surface area (Å²) in [5, 5.41) is 12.3. The number of halogens is 1. The van der Waals surface area contributed by atoms with Gasteiger partial charge in [-0.2, -0.15) is 8.82 Å². The first-order valence-electron chi connectivity index (χ1n) is 8.69. The van der Waals surface area contributed by atoms with E-state index in [4.69, 9.17) is 0 Å². The lowest BCUT2D eigenvalue weighted by atomic mass is 10.0. The van der Waals surface area contributed by atoms with Gasteiger partial charge in [-0.15, -0.1) is 15.3 Å². The monoisotopic (exact) mass is 388 g/mol. The van der Waals surface area contributed by atoms with Crippen LogP contribution in [-0.2, 0) is 10.0 Å². The van der Waals surface area contributed by atoms with Crippen LogP contribution in [0.3, 0.4) is 0 Å². The quantitative estimate of drug-likeness (QED) is 0.666. The highest BCUT2D eigenvalue weighted by Gasteiger charge is 2.45. The molecule has 0 bridgehead atoms. The van der Waals surface area contributed by atoms with Gasteiger partial charge in [0.25, 0.3) is 0 Å². The lowest BCUT2D eigenvalue weighted by molar-refractivity contribution is 0.447. The molecule has 0 N–H and O–H groups in total. The molecule has 0 radical (unpaired) electrons. The lowest BCUT2D eigenvalue weighted by Crippen LogP contribution is -2.34. The minimum Gasteiger partial charge on any atom is -0.355 e. The summed E-state index contributed by atoms with van der Waals surface area (Å²) in [6.07, 6.45) is 1.55. The van der Waals surface area contributed by atoms with E-state index >= 15 is 0 Å². The van der Waals surface area contributed by atoms with E-state index in [2.05, 4.69) is 20.2 Å². The molecule has 2 saturated heterocycles. The smallest absolute Gasteiger partial charge is 0.246 e. The van der Waals surface area contributed by atoms with E-state index < -0.39 is 15.8 Å². The lowest BCUT2D eigenvalue weighted by Gasteiger charge is -2.22. The highest BCUT2D eigenvalue weighted by atomic mass is 32.2. The van der Waals surface area contributed by atoms with Gasteiger partial charge in [-0.1, -0.05) is 12.1 Å². The van der Waals surface area contributed by atoms with Crippen molar-refractivity contribution < 1.29 is 12.8 Å². The van der Waals surface area contributed by atoms with Crippen LogP contribution >= 0.6 is 0 Å². The Morgan fingerprint density at radius 2 is 1.74 bits per heavy atom. The van der Waals surface area contributed by atoms with Crippen molar-refractivity contribution in [1.29, 1.82) is 0 Å². The molecule has 2 aromatic heterocycles. The van der Waals surface area contributed by atoms with Crippen molar-refractivity contribution in [1.82, 2.24) is 24.1 Å². The van der Waals surface area contributed by atoms with Gasteiger partial charge in [0.1, 0.15) is 22.9 Å². The van der Waals surface area contributed by atoms with Crippen molar-refractivity contribution in [2.24, 2.45) is 11.8 Å². The summed E-state index contributed by atoms with van der Waals surface area (Å²) in [7, 11) is -3.81. The minimum absolute atomic E-state index is 0.199. The molecule has 10 heteroatoms. The molecule has 0 amide bonds. The van der Waals surface area contributed by atoms with Gasteiger partial charge in [-0.3, -0.25) is 0 Å². The Morgan fingerprint density at radius 1 is 1.00 bits per heavy atom. The van der Waals surface area contributed by atoms with Crippen molar-refractivity contribution in [3.05, 3.63) is 48.5 Å². The number of hydrogen-bond donors (Lipinski definition) is 0. The second-order valence-electron chi connectivity index (χ2n) is 7.00. The number of nitrogens with zero attached hydrogens (tertiary/aromatic N) is 6. The van der Waals surface area contributed by atoms with E-state index in [0.29, 0.717) is 31.8 Å². The van der Waals surface area contributed by atoms with Crippen LogP contribution in [0.15, 0.2) is 47.6 Å². The summed E-state index contributed by atoms with van der Waals surface area (Å²) >= 11 is 0. The summed E-state index contributed by atoms with van der Waals surface area (Å²) in [6, 6.07) is 9.30. The van der Waals surface area contributed by atoms with Gasteiger partial charge in [0, 0.05) is 26.2 Å². The zero-order valence-corrected chi connectivity index (χ0v) is 15.1. The Kier molecular flexibility index (Phi) is 3.66. The molecule has 2 unspecified atom stereocenters. The van der Waals surface area contributed by atoms with Crippen molar-refractivity contribution >= 4 is 21.5 Å². The molecule has 5 rings (SSSR count). The third-order valence-corrected chi connectivity index (χ3v) is 7.24. The van der Waals surface area contributed by atoms with Gasteiger partial charge < -0.3 is 4.90 Å². The van der Waals surface area contributed by atoms with Crippen LogP contribution < -0.4 is 4.90 Å². The minimum atomic E-state index is -3.81. The predicted molar refractivity (Wildman–Crippen MR) is 95.1 cm³/mol. The van der Waals surface area contributed by atoms with Crippen molar-refractivity contribution in [3.8, 4) is 0 Å². The summed E-state index contributed by atoms with van der Waals surface area (Å²) < 4.78 is 42.6. The molecule has 140 valence electrons. The van der Waals surface area contributed by atoms with E-state index in [9.17, 15) is 12.8 Å². The van der Waals surface area contributed by atoms with Crippen LogP contribution in [0.5, 0.6) is 0 Å². The summed E-state index contributed by atoms with van der Waals surface area (Å²) in [6.45, 7) is 2.22. The third kappa shape index (κ3) is 2.67. The van der Waals surface area contributed by atoms with Gasteiger partial charge in [0.15, 0.2) is 5.65 Å². The van der Waals surface area contributed by atoms with Gasteiger partial charge >= 0.3 is 0 Å². The summed E-state index contributed by atoms with van der Waals surface area (Å²) in [4.78, 5) is 1.91. The zero-order valence-electron chi connectivity index (χ0n) is 14.3. The summed E-state index contributed by atoms with van der Waals surface area (Å²) in [5.41, 5.74) is 0.681. The fourth-order valence-corrected chi connectivity index (χ4v) is 5.63. The van der Waals surface area contributed by atoms with E-state index in [-0.39, 0.29) is 16.7 Å². The number of hydrogen-bond acceptors (Lipinski definition) is 6. The van der Waals surface area contributed by atoms with E-state index in [1.165, 1.54) is 22.5 Å². The number of benzene rings is 1. The fourth-order valence-electron chi connectivity index (χ4n) is 4.01. The first kappa shape index (κ1) is 16.6. The maximum Gasteiger partial charge on any atom is 0.246 e. The number of rotatable bonds is 3. The molecule has 2 aliphatic rings. The molecule has 2 atom stereocenters. The molecule has 27 heavy (non-hydrogen) atoms. The Morgan fingerprint density at radius 3 is 2.48 bits per heavy atom. The van der Waals surface area contributed by atoms with E-state index in [1.54, 1.807) is 16.9 Å². The second-order valence-corrected chi connectivity index (χ2v) is 8.91. The topological polar surface area (TPSA) is 83.7 Å². The standard InChI is InChI=1S/C17H17FN6O2S/c18-14-3-1-2-4-15(14)27(25,26)23-9-12-7-22(8-13(12)10-23)17-6-5-16-20-19-11-24(16)21-17/h1-6,11-13H,7-10H2. The number of fused-ring (bicyclic) bond motifs is 2. The molecule has 0 aliphatic carbocycles. The van der Waals surface area contributed by atoms with E-state index in [1.807, 2.05) is 12.1 Å². The van der Waals surface area contributed by atoms with Gasteiger partial charge in [-0.25, -0.2) is 12.8 Å². The van der Waals surface area contributed by atoms with Crippen molar-refractivity contribution in [2.75, 3.05) is 31.1 Å².